The third kappa shape index (κ3) is 2.85. The van der Waals surface area contributed by atoms with Crippen molar-refractivity contribution in [1.82, 2.24) is 4.98 Å². The number of aliphatic carboxylic acids is 1. The molecule has 74 valence electrons. The minimum atomic E-state index is -1.11. The van der Waals surface area contributed by atoms with E-state index in [1.165, 1.54) is 12.3 Å². The molecule has 0 aliphatic rings. The molecule has 0 bridgehead atoms. The lowest BCUT2D eigenvalue weighted by Gasteiger charge is -1.99. The molecular weight excluding hydrogens is 186 g/mol. The van der Waals surface area contributed by atoms with Crippen molar-refractivity contribution in [1.29, 1.82) is 0 Å². The molecule has 0 aliphatic carbocycles. The molecule has 0 saturated carbocycles. The maximum atomic E-state index is 10.5. The molecule has 14 heavy (non-hydrogen) atoms. The second-order valence-corrected chi connectivity index (χ2v) is 2.75. The quantitative estimate of drug-likeness (QED) is 0.741. The Morgan fingerprint density at radius 3 is 2.64 bits per heavy atom. The van der Waals surface area contributed by atoms with Gasteiger partial charge in [-0.3, -0.25) is 4.79 Å². The third-order valence-electron chi connectivity index (χ3n) is 1.67. The fourth-order valence-electron chi connectivity index (χ4n) is 0.998. The molecule has 5 heteroatoms. The minimum absolute atomic E-state index is 0.0108. The molecule has 0 spiro atoms. The number of carbonyl (C=O) groups is 2. The Bertz CT molecular complexity index is 362. The number of rotatable bonds is 4. The Kier molecular flexibility index (Phi) is 3.17. The molecule has 1 aromatic heterocycles. The van der Waals surface area contributed by atoms with Gasteiger partial charge in [-0.1, -0.05) is 0 Å². The van der Waals surface area contributed by atoms with Crippen LogP contribution in [0.4, 0.5) is 0 Å². The van der Waals surface area contributed by atoms with E-state index >= 15 is 0 Å². The highest BCUT2D eigenvalue weighted by Gasteiger charge is 2.05. The van der Waals surface area contributed by atoms with E-state index in [0.29, 0.717) is 12.0 Å². The van der Waals surface area contributed by atoms with Gasteiger partial charge in [-0.05, 0) is 24.1 Å². The Morgan fingerprint density at radius 1 is 1.36 bits per heavy atom. The number of aromatic carboxylic acids is 1. The fraction of sp³-hybridized carbons (Fsp3) is 0.222. The molecule has 0 atom stereocenters. The smallest absolute Gasteiger partial charge is 0.354 e. The molecular formula is C9H9NO4. The van der Waals surface area contributed by atoms with Gasteiger partial charge in [-0.2, -0.15) is 0 Å². The van der Waals surface area contributed by atoms with Crippen LogP contribution in [0.2, 0.25) is 0 Å². The first-order valence-corrected chi connectivity index (χ1v) is 3.99. The second kappa shape index (κ2) is 4.36. The maximum Gasteiger partial charge on any atom is 0.354 e. The van der Waals surface area contributed by atoms with Crippen LogP contribution in [0.3, 0.4) is 0 Å². The SMILES string of the molecule is O=C(O)CCc1ccnc(C(=O)O)c1. The number of hydrogen-bond donors (Lipinski definition) is 2. The molecule has 0 aliphatic heterocycles. The Hall–Kier alpha value is -1.91. The van der Waals surface area contributed by atoms with Crippen molar-refractivity contribution in [2.45, 2.75) is 12.8 Å². The Morgan fingerprint density at radius 2 is 2.07 bits per heavy atom. The van der Waals surface area contributed by atoms with Crippen molar-refractivity contribution in [3.8, 4) is 0 Å². The summed E-state index contributed by atoms with van der Waals surface area (Å²) in [6.45, 7) is 0. The van der Waals surface area contributed by atoms with Crippen LogP contribution in [-0.4, -0.2) is 27.1 Å². The number of carboxylic acid groups (broad SMARTS) is 2. The number of pyridine rings is 1. The van der Waals surface area contributed by atoms with E-state index in [-0.39, 0.29) is 12.1 Å². The van der Waals surface area contributed by atoms with Gasteiger partial charge in [-0.15, -0.1) is 0 Å². The molecule has 0 aromatic carbocycles. The molecule has 1 rings (SSSR count). The standard InChI is InChI=1S/C9H9NO4/c11-8(12)2-1-6-3-4-10-7(5-6)9(13)14/h3-5H,1-2H2,(H,11,12)(H,13,14). The molecule has 0 radical (unpaired) electrons. The van der Waals surface area contributed by atoms with Crippen LogP contribution in [0.5, 0.6) is 0 Å². The Balaban J connectivity index is 2.73. The van der Waals surface area contributed by atoms with Crippen molar-refractivity contribution in [3.63, 3.8) is 0 Å². The molecule has 0 unspecified atom stereocenters. The maximum absolute atomic E-state index is 10.5. The van der Waals surface area contributed by atoms with E-state index in [0.717, 1.165) is 0 Å². The monoisotopic (exact) mass is 195 g/mol. The van der Waals surface area contributed by atoms with Crippen LogP contribution >= 0.6 is 0 Å². The molecule has 2 N–H and O–H groups in total. The van der Waals surface area contributed by atoms with Gasteiger partial charge < -0.3 is 10.2 Å². The number of carboxylic acids is 2. The molecule has 0 saturated heterocycles. The topological polar surface area (TPSA) is 87.5 Å². The largest absolute Gasteiger partial charge is 0.481 e. The molecule has 0 fully saturated rings. The van der Waals surface area contributed by atoms with Crippen LogP contribution < -0.4 is 0 Å². The van der Waals surface area contributed by atoms with Crippen LogP contribution in [0.1, 0.15) is 22.5 Å². The van der Waals surface area contributed by atoms with Crippen molar-refractivity contribution in [2.75, 3.05) is 0 Å². The van der Waals surface area contributed by atoms with Crippen molar-refractivity contribution >= 4 is 11.9 Å². The summed E-state index contributed by atoms with van der Waals surface area (Å²) in [7, 11) is 0. The van der Waals surface area contributed by atoms with Crippen LogP contribution in [0.15, 0.2) is 18.3 Å². The zero-order valence-electron chi connectivity index (χ0n) is 7.30. The van der Waals surface area contributed by atoms with Gasteiger partial charge in [0.1, 0.15) is 5.69 Å². The van der Waals surface area contributed by atoms with Gasteiger partial charge in [0, 0.05) is 12.6 Å². The van der Waals surface area contributed by atoms with Crippen molar-refractivity contribution in [3.05, 3.63) is 29.6 Å². The highest BCUT2D eigenvalue weighted by Crippen LogP contribution is 2.04. The Labute approximate surface area is 80.0 Å². The highest BCUT2D eigenvalue weighted by atomic mass is 16.4. The lowest BCUT2D eigenvalue weighted by molar-refractivity contribution is -0.136. The van der Waals surface area contributed by atoms with E-state index in [1.807, 2.05) is 0 Å². The summed E-state index contributed by atoms with van der Waals surface area (Å²) >= 11 is 0. The number of aryl methyl sites for hydroxylation is 1. The summed E-state index contributed by atoms with van der Waals surface area (Å²) in [5, 5.41) is 17.0. The lowest BCUT2D eigenvalue weighted by Crippen LogP contribution is -2.02. The second-order valence-electron chi connectivity index (χ2n) is 2.75. The van der Waals surface area contributed by atoms with Crippen molar-refractivity contribution in [2.24, 2.45) is 0 Å². The zero-order chi connectivity index (χ0) is 10.6. The van der Waals surface area contributed by atoms with Crippen LogP contribution in [0, 0.1) is 0 Å². The number of nitrogens with zero attached hydrogens (tertiary/aromatic N) is 1. The average molecular weight is 195 g/mol. The van der Waals surface area contributed by atoms with Crippen LogP contribution in [0.25, 0.3) is 0 Å². The third-order valence-corrected chi connectivity index (χ3v) is 1.67. The first kappa shape index (κ1) is 10.2. The number of hydrogen-bond acceptors (Lipinski definition) is 3. The summed E-state index contributed by atoms with van der Waals surface area (Å²) in [4.78, 5) is 24.4. The predicted octanol–water partition coefficient (Wildman–Crippen LogP) is 0.797. The lowest BCUT2D eigenvalue weighted by atomic mass is 10.1. The van der Waals surface area contributed by atoms with Gasteiger partial charge in [-0.25, -0.2) is 9.78 Å². The van der Waals surface area contributed by atoms with E-state index in [1.54, 1.807) is 6.07 Å². The first-order chi connectivity index (χ1) is 6.59. The van der Waals surface area contributed by atoms with E-state index in [2.05, 4.69) is 4.98 Å². The summed E-state index contributed by atoms with van der Waals surface area (Å²) in [6, 6.07) is 2.99. The fourth-order valence-corrected chi connectivity index (χ4v) is 0.998. The predicted molar refractivity (Wildman–Crippen MR) is 47.2 cm³/mol. The minimum Gasteiger partial charge on any atom is -0.481 e. The summed E-state index contributed by atoms with van der Waals surface area (Å²) < 4.78 is 0. The summed E-state index contributed by atoms with van der Waals surface area (Å²) in [6.07, 6.45) is 1.67. The van der Waals surface area contributed by atoms with Gasteiger partial charge in [0.05, 0.1) is 0 Å². The highest BCUT2D eigenvalue weighted by molar-refractivity contribution is 5.85. The summed E-state index contributed by atoms with van der Waals surface area (Å²) in [5.41, 5.74) is 0.604. The molecule has 5 nitrogen and oxygen atoms in total. The molecule has 1 heterocycles. The van der Waals surface area contributed by atoms with Gasteiger partial charge >= 0.3 is 11.9 Å². The van der Waals surface area contributed by atoms with E-state index in [9.17, 15) is 9.59 Å². The summed E-state index contributed by atoms with van der Waals surface area (Å²) in [5.74, 6) is -2.01. The van der Waals surface area contributed by atoms with E-state index in [4.69, 9.17) is 10.2 Å². The normalized spacial score (nSPS) is 9.71. The van der Waals surface area contributed by atoms with Gasteiger partial charge in [0.15, 0.2) is 0 Å². The molecule has 1 aromatic rings. The molecule has 0 amide bonds. The first-order valence-electron chi connectivity index (χ1n) is 3.99. The van der Waals surface area contributed by atoms with Crippen LogP contribution in [-0.2, 0) is 11.2 Å². The number of aromatic nitrogens is 1. The van der Waals surface area contributed by atoms with E-state index < -0.39 is 11.9 Å². The zero-order valence-corrected chi connectivity index (χ0v) is 7.30. The average Bonchev–Trinajstić information content (AvgIpc) is 2.15. The van der Waals surface area contributed by atoms with Gasteiger partial charge in [0.25, 0.3) is 0 Å². The van der Waals surface area contributed by atoms with Gasteiger partial charge in [0.2, 0.25) is 0 Å². The van der Waals surface area contributed by atoms with Crippen molar-refractivity contribution < 1.29 is 19.8 Å².